The molecule has 0 aliphatic carbocycles. The predicted octanol–water partition coefficient (Wildman–Crippen LogP) is 7.86. The minimum absolute atomic E-state index is 0.218. The summed E-state index contributed by atoms with van der Waals surface area (Å²) in [4.78, 5) is 18.6. The fraction of sp³-hybridized carbons (Fsp3) is 0.300. The van der Waals surface area contributed by atoms with Crippen molar-refractivity contribution in [1.29, 1.82) is 0 Å². The van der Waals surface area contributed by atoms with Gasteiger partial charge in [0.05, 0.1) is 66.3 Å². The van der Waals surface area contributed by atoms with E-state index in [-0.39, 0.29) is 5.91 Å². The second-order valence-electron chi connectivity index (χ2n) is 12.2. The predicted molar refractivity (Wildman–Crippen MR) is 203 cm³/mol. The lowest BCUT2D eigenvalue weighted by molar-refractivity contribution is 0.0853. The summed E-state index contributed by atoms with van der Waals surface area (Å²) in [7, 11) is 9.37. The van der Waals surface area contributed by atoms with Crippen molar-refractivity contribution in [3.05, 3.63) is 100 Å². The van der Waals surface area contributed by atoms with Crippen LogP contribution in [-0.2, 0) is 4.84 Å². The number of allylic oxidation sites excluding steroid dienone is 1. The van der Waals surface area contributed by atoms with Crippen molar-refractivity contribution >= 4 is 28.9 Å². The van der Waals surface area contributed by atoms with Crippen molar-refractivity contribution in [2.45, 2.75) is 31.5 Å². The van der Waals surface area contributed by atoms with Crippen molar-refractivity contribution in [3.8, 4) is 46.0 Å². The highest BCUT2D eigenvalue weighted by molar-refractivity contribution is 6.31. The Balaban J connectivity index is 1.05. The van der Waals surface area contributed by atoms with E-state index >= 15 is 0 Å². The maximum Gasteiger partial charge on any atom is 0.255 e. The monoisotopic (exact) mass is 759 g/mol. The standard InChI is InChI=1S/C40H42ClN3O10/c1-22(9-8-14-52-30-13-10-23(15-32(30)46-2)39-42-28-12-11-26(41)20-27(28)40(45)43-39)53-38-35(49-5)18-25(19-36(38)50-6)31-21-29(44-54-31)24-16-33(47-3)37(51-7)34(17-24)48-4/h10-13,15-20,31,39,42H,1,8-9,14,21H2,2-7H3,(H,43,45). The van der Waals surface area contributed by atoms with Crippen LogP contribution in [0, 0.1) is 0 Å². The summed E-state index contributed by atoms with van der Waals surface area (Å²) < 4.78 is 45.8. The van der Waals surface area contributed by atoms with E-state index in [2.05, 4.69) is 22.4 Å². The van der Waals surface area contributed by atoms with Gasteiger partial charge in [-0.25, -0.2) is 0 Å². The number of oxime groups is 1. The number of nitrogens with one attached hydrogen (secondary N) is 2. The van der Waals surface area contributed by atoms with Gasteiger partial charge in [-0.2, -0.15) is 0 Å². The van der Waals surface area contributed by atoms with Gasteiger partial charge >= 0.3 is 0 Å². The average Bonchev–Trinajstić information content (AvgIpc) is 3.69. The van der Waals surface area contributed by atoms with Gasteiger partial charge in [0, 0.05) is 34.7 Å². The minimum atomic E-state index is -0.456. The van der Waals surface area contributed by atoms with Crippen molar-refractivity contribution in [3.63, 3.8) is 0 Å². The summed E-state index contributed by atoms with van der Waals surface area (Å²) in [6, 6.07) is 18.0. The highest BCUT2D eigenvalue weighted by Crippen LogP contribution is 2.45. The number of hydrogen-bond donors (Lipinski definition) is 2. The molecule has 284 valence electrons. The summed E-state index contributed by atoms with van der Waals surface area (Å²) in [5.41, 5.74) is 4.27. The number of nitrogens with zero attached hydrogens (tertiary/aromatic N) is 1. The number of anilines is 1. The van der Waals surface area contributed by atoms with Crippen LogP contribution in [0.4, 0.5) is 5.69 Å². The molecule has 2 N–H and O–H groups in total. The minimum Gasteiger partial charge on any atom is -0.493 e. The number of ether oxygens (including phenoxy) is 8. The third-order valence-electron chi connectivity index (χ3n) is 8.95. The third-order valence-corrected chi connectivity index (χ3v) is 9.18. The second kappa shape index (κ2) is 16.8. The van der Waals surface area contributed by atoms with Crippen LogP contribution in [0.3, 0.4) is 0 Å². The van der Waals surface area contributed by atoms with Gasteiger partial charge in [-0.1, -0.05) is 29.4 Å². The summed E-state index contributed by atoms with van der Waals surface area (Å²) in [5, 5.41) is 11.1. The lowest BCUT2D eigenvalue weighted by atomic mass is 9.99. The van der Waals surface area contributed by atoms with E-state index in [1.165, 1.54) is 0 Å². The van der Waals surface area contributed by atoms with E-state index in [1.807, 2.05) is 42.5 Å². The molecule has 13 nitrogen and oxygen atoms in total. The van der Waals surface area contributed by atoms with Gasteiger partial charge in [-0.15, -0.1) is 0 Å². The molecule has 0 saturated heterocycles. The fourth-order valence-electron chi connectivity index (χ4n) is 6.19. The third kappa shape index (κ3) is 8.01. The van der Waals surface area contributed by atoms with E-state index in [0.717, 1.165) is 16.7 Å². The van der Waals surface area contributed by atoms with Crippen LogP contribution in [0.2, 0.25) is 5.02 Å². The Labute approximate surface area is 318 Å². The van der Waals surface area contributed by atoms with Crippen molar-refractivity contribution in [2.24, 2.45) is 5.16 Å². The maximum atomic E-state index is 12.7. The number of methoxy groups -OCH3 is 6. The fourth-order valence-corrected chi connectivity index (χ4v) is 6.36. The second-order valence-corrected chi connectivity index (χ2v) is 12.7. The number of halogens is 1. The molecule has 54 heavy (non-hydrogen) atoms. The average molecular weight is 760 g/mol. The van der Waals surface area contributed by atoms with Gasteiger partial charge < -0.3 is 53.4 Å². The Morgan fingerprint density at radius 2 is 1.43 bits per heavy atom. The van der Waals surface area contributed by atoms with Crippen LogP contribution in [0.25, 0.3) is 0 Å². The SMILES string of the molecule is C=C(CCCOc1ccc(C2NC(=O)c3cc(Cl)ccc3N2)cc1OC)Oc1c(OC)cc(C2CC(c3cc(OC)c(OC)c(OC)c3)=NO2)cc1OC. The first kappa shape index (κ1) is 37.8. The first-order valence-electron chi connectivity index (χ1n) is 17.0. The lowest BCUT2D eigenvalue weighted by Gasteiger charge is -2.28. The van der Waals surface area contributed by atoms with Gasteiger partial charge in [0.2, 0.25) is 11.5 Å². The topological polar surface area (TPSA) is 137 Å². The maximum absolute atomic E-state index is 12.7. The van der Waals surface area contributed by atoms with Crippen LogP contribution in [-0.4, -0.2) is 60.9 Å². The van der Waals surface area contributed by atoms with E-state index < -0.39 is 12.3 Å². The quantitative estimate of drug-likeness (QED) is 0.0854. The van der Waals surface area contributed by atoms with E-state index in [0.29, 0.717) is 99.6 Å². The zero-order valence-electron chi connectivity index (χ0n) is 30.9. The highest BCUT2D eigenvalue weighted by Gasteiger charge is 2.29. The molecule has 2 aliphatic rings. The lowest BCUT2D eigenvalue weighted by Crippen LogP contribution is -2.38. The first-order valence-corrected chi connectivity index (χ1v) is 17.4. The normalized spacial score (nSPS) is 15.8. The van der Waals surface area contributed by atoms with Crippen molar-refractivity contribution in [1.82, 2.24) is 5.32 Å². The molecular formula is C40H42ClN3O10. The Morgan fingerprint density at radius 1 is 0.778 bits per heavy atom. The largest absolute Gasteiger partial charge is 0.493 e. The van der Waals surface area contributed by atoms with E-state index in [1.54, 1.807) is 60.9 Å². The van der Waals surface area contributed by atoms with Gasteiger partial charge in [0.15, 0.2) is 40.6 Å². The number of amides is 1. The van der Waals surface area contributed by atoms with Gasteiger partial charge in [0.1, 0.15) is 6.17 Å². The molecule has 14 heteroatoms. The van der Waals surface area contributed by atoms with Crippen LogP contribution in [0.1, 0.15) is 58.6 Å². The highest BCUT2D eigenvalue weighted by atomic mass is 35.5. The Bertz CT molecular complexity index is 2020. The van der Waals surface area contributed by atoms with E-state index in [9.17, 15) is 4.79 Å². The first-order chi connectivity index (χ1) is 26.2. The molecule has 1 amide bonds. The molecule has 0 spiro atoms. The Morgan fingerprint density at radius 3 is 2.07 bits per heavy atom. The molecule has 0 saturated carbocycles. The number of carbonyl (C=O) groups is 1. The van der Waals surface area contributed by atoms with Crippen LogP contribution >= 0.6 is 11.6 Å². The summed E-state index contributed by atoms with van der Waals surface area (Å²) >= 11 is 6.07. The van der Waals surface area contributed by atoms with Crippen LogP contribution < -0.4 is 48.5 Å². The Hall–Kier alpha value is -5.95. The van der Waals surface area contributed by atoms with Crippen molar-refractivity contribution < 1.29 is 47.5 Å². The summed E-state index contributed by atoms with van der Waals surface area (Å²) in [6.45, 7) is 4.48. The van der Waals surface area contributed by atoms with Gasteiger partial charge in [-0.3, -0.25) is 4.79 Å². The summed E-state index contributed by atoms with van der Waals surface area (Å²) in [5.74, 6) is 4.20. The molecule has 2 heterocycles. The number of hydrogen-bond acceptors (Lipinski definition) is 12. The van der Waals surface area contributed by atoms with Crippen molar-refractivity contribution in [2.75, 3.05) is 54.6 Å². The number of benzene rings is 4. The summed E-state index contributed by atoms with van der Waals surface area (Å²) in [6.07, 6.45) is 0.708. The Kier molecular flexibility index (Phi) is 11.8. The van der Waals surface area contributed by atoms with Crippen LogP contribution in [0.15, 0.2) is 78.2 Å². The van der Waals surface area contributed by atoms with Crippen LogP contribution in [0.5, 0.6) is 46.0 Å². The molecule has 2 aliphatic heterocycles. The molecule has 0 aromatic heterocycles. The van der Waals surface area contributed by atoms with Gasteiger partial charge in [-0.05, 0) is 66.6 Å². The molecule has 6 rings (SSSR count). The van der Waals surface area contributed by atoms with E-state index in [4.69, 9.17) is 54.3 Å². The molecule has 0 radical (unpaired) electrons. The molecular weight excluding hydrogens is 718 g/mol. The zero-order valence-corrected chi connectivity index (χ0v) is 31.6. The van der Waals surface area contributed by atoms with Gasteiger partial charge in [0.25, 0.3) is 5.91 Å². The number of carbonyl (C=O) groups excluding carboxylic acids is 1. The molecule has 4 aromatic carbocycles. The molecule has 2 atom stereocenters. The molecule has 0 fully saturated rings. The zero-order chi connectivity index (χ0) is 38.4. The smallest absolute Gasteiger partial charge is 0.255 e. The number of rotatable bonds is 16. The molecule has 2 unspecified atom stereocenters. The molecule has 0 bridgehead atoms. The number of fused-ring (bicyclic) bond motifs is 1. The molecule has 4 aromatic rings.